The summed E-state index contributed by atoms with van der Waals surface area (Å²) in [5, 5.41) is 8.83. The lowest BCUT2D eigenvalue weighted by Crippen LogP contribution is -2.41. The standard InChI is InChI=1S/C27H37N5O3/c1-2-3-11-29-27(34)30-23-8-9-25(32-13-10-21-6-4-5-7-22(21)20-32)24(19-23)26(33)28-12-14-31-15-17-35-18-16-31/h4-9,19H,2-3,10-18,20H2,1H3,(H,28,33)(H2,29,30,34). The first-order chi connectivity index (χ1) is 17.1. The number of urea groups is 1. The van der Waals surface area contributed by atoms with Crippen molar-refractivity contribution in [3.8, 4) is 0 Å². The Morgan fingerprint density at radius 2 is 1.77 bits per heavy atom. The van der Waals surface area contributed by atoms with Gasteiger partial charge in [-0.1, -0.05) is 37.6 Å². The molecule has 3 N–H and O–H groups in total. The summed E-state index contributed by atoms with van der Waals surface area (Å²) >= 11 is 0. The van der Waals surface area contributed by atoms with E-state index in [0.717, 1.165) is 70.9 Å². The zero-order valence-corrected chi connectivity index (χ0v) is 20.6. The fourth-order valence-electron chi connectivity index (χ4n) is 4.57. The molecule has 8 nitrogen and oxygen atoms in total. The molecule has 2 aliphatic heterocycles. The lowest BCUT2D eigenvalue weighted by molar-refractivity contribution is 0.0383. The third-order valence-corrected chi connectivity index (χ3v) is 6.60. The van der Waals surface area contributed by atoms with Gasteiger partial charge in [-0.05, 0) is 42.2 Å². The van der Waals surface area contributed by atoms with Gasteiger partial charge in [0.1, 0.15) is 0 Å². The van der Waals surface area contributed by atoms with Crippen LogP contribution in [-0.2, 0) is 17.7 Å². The van der Waals surface area contributed by atoms with Gasteiger partial charge in [0.25, 0.3) is 5.91 Å². The Bertz CT molecular complexity index is 1010. The molecule has 0 aromatic heterocycles. The van der Waals surface area contributed by atoms with Crippen LogP contribution in [0.4, 0.5) is 16.2 Å². The zero-order valence-electron chi connectivity index (χ0n) is 20.6. The van der Waals surface area contributed by atoms with Crippen LogP contribution in [0.5, 0.6) is 0 Å². The number of amides is 3. The Morgan fingerprint density at radius 3 is 2.57 bits per heavy atom. The summed E-state index contributed by atoms with van der Waals surface area (Å²) in [6.07, 6.45) is 2.89. The van der Waals surface area contributed by atoms with Crippen molar-refractivity contribution in [3.05, 3.63) is 59.2 Å². The van der Waals surface area contributed by atoms with Crippen molar-refractivity contribution in [3.63, 3.8) is 0 Å². The number of morpholine rings is 1. The Morgan fingerprint density at radius 1 is 0.971 bits per heavy atom. The van der Waals surface area contributed by atoms with Crippen LogP contribution in [0.25, 0.3) is 0 Å². The Hall–Kier alpha value is -3.10. The molecule has 0 bridgehead atoms. The van der Waals surface area contributed by atoms with E-state index in [9.17, 15) is 9.59 Å². The number of unbranched alkanes of at least 4 members (excludes halogenated alkanes) is 1. The van der Waals surface area contributed by atoms with Gasteiger partial charge in [0.2, 0.25) is 0 Å². The second-order valence-electron chi connectivity index (χ2n) is 9.12. The first kappa shape index (κ1) is 25.0. The molecule has 0 saturated carbocycles. The maximum Gasteiger partial charge on any atom is 0.319 e. The molecular weight excluding hydrogens is 442 g/mol. The molecule has 0 aliphatic carbocycles. The van der Waals surface area contributed by atoms with Gasteiger partial charge in [-0.2, -0.15) is 0 Å². The minimum absolute atomic E-state index is 0.123. The van der Waals surface area contributed by atoms with E-state index in [-0.39, 0.29) is 11.9 Å². The van der Waals surface area contributed by atoms with E-state index in [0.29, 0.717) is 24.3 Å². The third-order valence-electron chi connectivity index (χ3n) is 6.60. The van der Waals surface area contributed by atoms with Gasteiger partial charge in [0.05, 0.1) is 18.8 Å². The molecule has 0 atom stereocenters. The fourth-order valence-corrected chi connectivity index (χ4v) is 4.57. The predicted molar refractivity (Wildman–Crippen MR) is 139 cm³/mol. The molecule has 188 valence electrons. The molecule has 2 aromatic carbocycles. The van der Waals surface area contributed by atoms with Crippen LogP contribution in [-0.4, -0.2) is 69.3 Å². The highest BCUT2D eigenvalue weighted by Crippen LogP contribution is 2.29. The van der Waals surface area contributed by atoms with E-state index in [1.54, 1.807) is 6.07 Å². The van der Waals surface area contributed by atoms with Crippen LogP contribution < -0.4 is 20.9 Å². The molecule has 2 heterocycles. The first-order valence-electron chi connectivity index (χ1n) is 12.7. The first-order valence-corrected chi connectivity index (χ1v) is 12.7. The summed E-state index contributed by atoms with van der Waals surface area (Å²) in [4.78, 5) is 30.2. The lowest BCUT2D eigenvalue weighted by atomic mass is 9.98. The van der Waals surface area contributed by atoms with E-state index < -0.39 is 0 Å². The van der Waals surface area contributed by atoms with Crippen molar-refractivity contribution < 1.29 is 14.3 Å². The van der Waals surface area contributed by atoms with Crippen LogP contribution in [0.2, 0.25) is 0 Å². The number of hydrogen-bond donors (Lipinski definition) is 3. The second kappa shape index (κ2) is 12.6. The lowest BCUT2D eigenvalue weighted by Gasteiger charge is -2.32. The van der Waals surface area contributed by atoms with Gasteiger partial charge in [0, 0.05) is 57.2 Å². The van der Waals surface area contributed by atoms with Gasteiger partial charge >= 0.3 is 6.03 Å². The van der Waals surface area contributed by atoms with E-state index in [1.807, 2.05) is 12.1 Å². The number of hydrogen-bond acceptors (Lipinski definition) is 5. The van der Waals surface area contributed by atoms with Gasteiger partial charge in [0.15, 0.2) is 0 Å². The maximum absolute atomic E-state index is 13.3. The molecular formula is C27H37N5O3. The van der Waals surface area contributed by atoms with Crippen molar-refractivity contribution in [1.82, 2.24) is 15.5 Å². The third kappa shape index (κ3) is 6.96. The van der Waals surface area contributed by atoms with Crippen molar-refractivity contribution in [1.29, 1.82) is 0 Å². The average Bonchev–Trinajstić information content (AvgIpc) is 2.89. The van der Waals surface area contributed by atoms with Crippen LogP contribution in [0.1, 0.15) is 41.3 Å². The number of nitrogens with one attached hydrogen (secondary N) is 3. The second-order valence-corrected chi connectivity index (χ2v) is 9.12. The number of anilines is 2. The number of benzene rings is 2. The van der Waals surface area contributed by atoms with Gasteiger partial charge < -0.3 is 25.6 Å². The molecule has 8 heteroatoms. The van der Waals surface area contributed by atoms with Crippen LogP contribution in [0.3, 0.4) is 0 Å². The smallest absolute Gasteiger partial charge is 0.319 e. The largest absolute Gasteiger partial charge is 0.379 e. The molecule has 0 radical (unpaired) electrons. The minimum atomic E-state index is -0.253. The summed E-state index contributed by atoms with van der Waals surface area (Å²) in [6, 6.07) is 13.8. The number of ether oxygens (including phenoxy) is 1. The summed E-state index contributed by atoms with van der Waals surface area (Å²) in [5.74, 6) is -0.123. The fraction of sp³-hybridized carbons (Fsp3) is 0.481. The normalized spacial score (nSPS) is 15.9. The summed E-state index contributed by atoms with van der Waals surface area (Å²) in [6.45, 7) is 8.93. The topological polar surface area (TPSA) is 85.9 Å². The Labute approximate surface area is 208 Å². The zero-order chi connectivity index (χ0) is 24.5. The van der Waals surface area contributed by atoms with E-state index >= 15 is 0 Å². The molecule has 35 heavy (non-hydrogen) atoms. The molecule has 1 fully saturated rings. The average molecular weight is 480 g/mol. The monoisotopic (exact) mass is 479 g/mol. The van der Waals surface area contributed by atoms with Gasteiger partial charge in [-0.15, -0.1) is 0 Å². The van der Waals surface area contributed by atoms with E-state index in [4.69, 9.17) is 4.74 Å². The maximum atomic E-state index is 13.3. The molecule has 1 saturated heterocycles. The predicted octanol–water partition coefficient (Wildman–Crippen LogP) is 3.23. The van der Waals surface area contributed by atoms with Gasteiger partial charge in [-0.25, -0.2) is 4.79 Å². The number of fused-ring (bicyclic) bond motifs is 1. The van der Waals surface area contributed by atoms with Crippen LogP contribution in [0.15, 0.2) is 42.5 Å². The Kier molecular flexibility index (Phi) is 8.97. The van der Waals surface area contributed by atoms with Crippen molar-refractivity contribution in [2.75, 3.05) is 62.7 Å². The summed E-state index contributed by atoms with van der Waals surface area (Å²) < 4.78 is 5.41. The van der Waals surface area contributed by atoms with E-state index in [1.165, 1.54) is 11.1 Å². The molecule has 3 amide bonds. The number of rotatable bonds is 9. The molecule has 2 aliphatic rings. The molecule has 0 spiro atoms. The highest BCUT2D eigenvalue weighted by molar-refractivity contribution is 6.02. The van der Waals surface area contributed by atoms with Crippen molar-refractivity contribution >= 4 is 23.3 Å². The number of carbonyl (C=O) groups excluding carboxylic acids is 2. The summed E-state index contributed by atoms with van der Waals surface area (Å²) in [7, 11) is 0. The minimum Gasteiger partial charge on any atom is -0.379 e. The number of carbonyl (C=O) groups is 2. The highest BCUT2D eigenvalue weighted by atomic mass is 16.5. The van der Waals surface area contributed by atoms with E-state index in [2.05, 4.69) is 56.9 Å². The SMILES string of the molecule is CCCCNC(=O)Nc1ccc(N2CCc3ccccc3C2)c(C(=O)NCCN2CCOCC2)c1. The molecule has 4 rings (SSSR count). The van der Waals surface area contributed by atoms with Gasteiger partial charge in [-0.3, -0.25) is 9.69 Å². The summed E-state index contributed by atoms with van der Waals surface area (Å²) in [5.41, 5.74) is 4.73. The van der Waals surface area contributed by atoms with Crippen molar-refractivity contribution in [2.24, 2.45) is 0 Å². The van der Waals surface area contributed by atoms with Crippen LogP contribution >= 0.6 is 0 Å². The van der Waals surface area contributed by atoms with Crippen LogP contribution in [0, 0.1) is 0 Å². The molecule has 0 unspecified atom stereocenters. The highest BCUT2D eigenvalue weighted by Gasteiger charge is 2.22. The Balaban J connectivity index is 1.48. The quantitative estimate of drug-likeness (QED) is 0.481. The number of nitrogens with zero attached hydrogens (tertiary/aromatic N) is 2. The van der Waals surface area contributed by atoms with Crippen molar-refractivity contribution in [2.45, 2.75) is 32.7 Å². The molecule has 2 aromatic rings.